The van der Waals surface area contributed by atoms with Crippen LogP contribution in [0.15, 0.2) is 0 Å². The molecule has 0 aliphatic heterocycles. The summed E-state index contributed by atoms with van der Waals surface area (Å²) < 4.78 is 25.4. The Morgan fingerprint density at radius 2 is 2.00 bits per heavy atom. The number of sulfonamides is 1. The zero-order valence-electron chi connectivity index (χ0n) is 8.91. The lowest BCUT2D eigenvalue weighted by Crippen LogP contribution is -2.35. The Hall–Kier alpha value is -0.130. The van der Waals surface area contributed by atoms with Crippen LogP contribution in [0.3, 0.4) is 0 Å². The van der Waals surface area contributed by atoms with Gasteiger partial charge in [-0.3, -0.25) is 0 Å². The van der Waals surface area contributed by atoms with Gasteiger partial charge in [0.05, 0.1) is 5.75 Å². The first-order valence-corrected chi connectivity index (χ1v) is 6.85. The third-order valence-corrected chi connectivity index (χ3v) is 3.56. The van der Waals surface area contributed by atoms with Gasteiger partial charge in [0.1, 0.15) is 0 Å². The molecule has 0 radical (unpaired) electrons. The highest BCUT2D eigenvalue weighted by Crippen LogP contribution is 2.27. The quantitative estimate of drug-likeness (QED) is 0.649. The van der Waals surface area contributed by atoms with E-state index in [-0.39, 0.29) is 5.75 Å². The third-order valence-electron chi connectivity index (χ3n) is 2.21. The monoisotopic (exact) mass is 220 g/mol. The predicted octanol–water partition coefficient (Wildman–Crippen LogP) is 0.314. The van der Waals surface area contributed by atoms with Crippen LogP contribution < -0.4 is 10.0 Å². The van der Waals surface area contributed by atoms with Gasteiger partial charge in [-0.15, -0.1) is 0 Å². The lowest BCUT2D eigenvalue weighted by Gasteiger charge is -2.09. The maximum absolute atomic E-state index is 11.4. The van der Waals surface area contributed by atoms with Crippen LogP contribution in [0.5, 0.6) is 0 Å². The molecule has 2 N–H and O–H groups in total. The van der Waals surface area contributed by atoms with E-state index in [0.29, 0.717) is 25.0 Å². The molecule has 0 bridgehead atoms. The first-order chi connectivity index (χ1) is 6.49. The van der Waals surface area contributed by atoms with Crippen molar-refractivity contribution in [3.05, 3.63) is 0 Å². The zero-order chi connectivity index (χ0) is 10.6. The topological polar surface area (TPSA) is 58.2 Å². The highest BCUT2D eigenvalue weighted by Gasteiger charge is 2.23. The zero-order valence-corrected chi connectivity index (χ0v) is 9.73. The SMILES string of the molecule is CC(C)NCCS(=O)(=O)NCC1CC1. The minimum absolute atomic E-state index is 0.178. The minimum atomic E-state index is -3.04. The van der Waals surface area contributed by atoms with E-state index >= 15 is 0 Å². The molecule has 0 saturated heterocycles. The van der Waals surface area contributed by atoms with E-state index in [1.165, 1.54) is 12.8 Å². The second-order valence-corrected chi connectivity index (χ2v) is 6.15. The van der Waals surface area contributed by atoms with Crippen LogP contribution in [-0.4, -0.2) is 33.3 Å². The molecule has 14 heavy (non-hydrogen) atoms. The molecule has 1 fully saturated rings. The molecule has 1 rings (SSSR count). The van der Waals surface area contributed by atoms with Crippen molar-refractivity contribution in [2.75, 3.05) is 18.8 Å². The summed E-state index contributed by atoms with van der Waals surface area (Å²) in [6.07, 6.45) is 2.35. The molecule has 1 saturated carbocycles. The van der Waals surface area contributed by atoms with E-state index in [9.17, 15) is 8.42 Å². The van der Waals surface area contributed by atoms with Crippen molar-refractivity contribution in [1.82, 2.24) is 10.0 Å². The molecule has 1 aliphatic carbocycles. The van der Waals surface area contributed by atoms with Crippen LogP contribution in [0.1, 0.15) is 26.7 Å². The largest absolute Gasteiger partial charge is 0.313 e. The molecule has 5 heteroatoms. The fourth-order valence-electron chi connectivity index (χ4n) is 1.12. The Labute approximate surface area is 86.5 Å². The summed E-state index contributed by atoms with van der Waals surface area (Å²) >= 11 is 0. The van der Waals surface area contributed by atoms with E-state index in [1.807, 2.05) is 13.8 Å². The second kappa shape index (κ2) is 5.09. The Morgan fingerprint density at radius 1 is 1.36 bits per heavy atom. The summed E-state index contributed by atoms with van der Waals surface area (Å²) in [5.41, 5.74) is 0. The van der Waals surface area contributed by atoms with Gasteiger partial charge in [0.2, 0.25) is 10.0 Å². The normalized spacial score (nSPS) is 17.6. The molecular formula is C9H20N2O2S. The molecule has 0 aromatic heterocycles. The number of nitrogens with one attached hydrogen (secondary N) is 2. The minimum Gasteiger partial charge on any atom is -0.313 e. The first-order valence-electron chi connectivity index (χ1n) is 5.20. The summed E-state index contributed by atoms with van der Waals surface area (Å²) in [6, 6.07) is 0.341. The Bertz CT molecular complexity index is 258. The lowest BCUT2D eigenvalue weighted by atomic mass is 10.4. The van der Waals surface area contributed by atoms with Gasteiger partial charge in [0.15, 0.2) is 0 Å². The van der Waals surface area contributed by atoms with E-state index in [4.69, 9.17) is 0 Å². The Balaban J connectivity index is 2.12. The van der Waals surface area contributed by atoms with Crippen LogP contribution in [0.25, 0.3) is 0 Å². The van der Waals surface area contributed by atoms with E-state index in [0.717, 1.165) is 0 Å². The number of hydrogen-bond acceptors (Lipinski definition) is 3. The van der Waals surface area contributed by atoms with Crippen LogP contribution in [0.2, 0.25) is 0 Å². The van der Waals surface area contributed by atoms with Crippen LogP contribution in [0, 0.1) is 5.92 Å². The van der Waals surface area contributed by atoms with Gasteiger partial charge >= 0.3 is 0 Å². The predicted molar refractivity (Wildman–Crippen MR) is 57.7 cm³/mol. The van der Waals surface area contributed by atoms with E-state index < -0.39 is 10.0 Å². The van der Waals surface area contributed by atoms with Gasteiger partial charge in [0.25, 0.3) is 0 Å². The molecule has 0 spiro atoms. The summed E-state index contributed by atoms with van der Waals surface area (Å²) in [5.74, 6) is 0.778. The van der Waals surface area contributed by atoms with Gasteiger partial charge in [-0.1, -0.05) is 13.8 Å². The average molecular weight is 220 g/mol. The molecular weight excluding hydrogens is 200 g/mol. The Kier molecular flexibility index (Phi) is 4.34. The lowest BCUT2D eigenvalue weighted by molar-refractivity contribution is 0.564. The van der Waals surface area contributed by atoms with Crippen LogP contribution >= 0.6 is 0 Å². The molecule has 84 valence electrons. The summed E-state index contributed by atoms with van der Waals surface area (Å²) in [7, 11) is -3.04. The van der Waals surface area contributed by atoms with Crippen molar-refractivity contribution in [2.45, 2.75) is 32.7 Å². The highest BCUT2D eigenvalue weighted by molar-refractivity contribution is 7.89. The maximum atomic E-state index is 11.4. The van der Waals surface area contributed by atoms with Gasteiger partial charge in [-0.2, -0.15) is 0 Å². The van der Waals surface area contributed by atoms with Crippen LogP contribution in [0.4, 0.5) is 0 Å². The average Bonchev–Trinajstić information content (AvgIpc) is 2.82. The summed E-state index contributed by atoms with van der Waals surface area (Å²) in [4.78, 5) is 0. The number of hydrogen-bond donors (Lipinski definition) is 2. The standard InChI is InChI=1S/C9H20N2O2S/c1-8(2)10-5-6-14(12,13)11-7-9-3-4-9/h8-11H,3-7H2,1-2H3. The fraction of sp³-hybridized carbons (Fsp3) is 1.00. The molecule has 1 aliphatic rings. The molecule has 0 heterocycles. The molecule has 0 aromatic carbocycles. The molecule has 4 nitrogen and oxygen atoms in total. The van der Waals surface area contributed by atoms with Gasteiger partial charge < -0.3 is 5.32 Å². The maximum Gasteiger partial charge on any atom is 0.212 e. The Morgan fingerprint density at radius 3 is 2.50 bits per heavy atom. The van der Waals surface area contributed by atoms with Crippen molar-refractivity contribution in [2.24, 2.45) is 5.92 Å². The molecule has 0 aromatic rings. The first kappa shape index (κ1) is 11.9. The van der Waals surface area contributed by atoms with Crippen LogP contribution in [-0.2, 0) is 10.0 Å². The fourth-order valence-corrected chi connectivity index (χ4v) is 2.14. The van der Waals surface area contributed by atoms with Gasteiger partial charge in [0, 0.05) is 19.1 Å². The summed E-state index contributed by atoms with van der Waals surface area (Å²) in [6.45, 7) is 5.16. The highest BCUT2D eigenvalue weighted by atomic mass is 32.2. The number of rotatable bonds is 7. The molecule has 0 atom stereocenters. The molecule has 0 unspecified atom stereocenters. The van der Waals surface area contributed by atoms with Crippen molar-refractivity contribution in [3.8, 4) is 0 Å². The summed E-state index contributed by atoms with van der Waals surface area (Å²) in [5, 5.41) is 3.09. The molecule has 0 amide bonds. The van der Waals surface area contributed by atoms with Crippen molar-refractivity contribution >= 4 is 10.0 Å². The van der Waals surface area contributed by atoms with Gasteiger partial charge in [-0.25, -0.2) is 13.1 Å². The van der Waals surface area contributed by atoms with E-state index in [1.54, 1.807) is 0 Å². The smallest absolute Gasteiger partial charge is 0.212 e. The van der Waals surface area contributed by atoms with Crippen molar-refractivity contribution < 1.29 is 8.42 Å². The van der Waals surface area contributed by atoms with Gasteiger partial charge in [-0.05, 0) is 18.8 Å². The third kappa shape index (κ3) is 5.57. The van der Waals surface area contributed by atoms with Crippen molar-refractivity contribution in [1.29, 1.82) is 0 Å². The van der Waals surface area contributed by atoms with E-state index in [2.05, 4.69) is 10.0 Å². The second-order valence-electron chi connectivity index (χ2n) is 4.22. The van der Waals surface area contributed by atoms with Crippen molar-refractivity contribution in [3.63, 3.8) is 0 Å².